The lowest BCUT2D eigenvalue weighted by atomic mass is 9.79. The van der Waals surface area contributed by atoms with Crippen LogP contribution in [-0.4, -0.2) is 18.1 Å². The van der Waals surface area contributed by atoms with Crippen LogP contribution in [-0.2, 0) is 5.41 Å². The van der Waals surface area contributed by atoms with E-state index in [0.717, 1.165) is 13.1 Å². The summed E-state index contributed by atoms with van der Waals surface area (Å²) in [5, 5.41) is 4.89. The molecule has 0 bridgehead atoms. The summed E-state index contributed by atoms with van der Waals surface area (Å²) < 4.78 is 1.34. The number of aromatic nitrogens is 1. The number of fused-ring (bicyclic) bond motifs is 1. The molecule has 0 aliphatic carbocycles. The van der Waals surface area contributed by atoms with E-state index in [1.54, 1.807) is 0 Å². The quantitative estimate of drug-likeness (QED) is 0.892. The third kappa shape index (κ3) is 1.86. The highest BCUT2D eigenvalue weighted by molar-refractivity contribution is 7.18. The number of benzene rings is 1. The minimum atomic E-state index is 0.272. The standard InChI is InChI=1S/C15H20N2S/c1-3-15(8-5-9-16-10-15)14-17-13-11(2)6-4-7-12(13)18-14/h4,6-7,16H,3,5,8-10H2,1-2H3. The first-order valence-electron chi connectivity index (χ1n) is 6.82. The van der Waals surface area contributed by atoms with Crippen molar-refractivity contribution in [3.05, 3.63) is 28.8 Å². The predicted octanol–water partition coefficient (Wildman–Crippen LogP) is 3.64. The molecule has 3 heteroatoms. The van der Waals surface area contributed by atoms with Gasteiger partial charge in [-0.25, -0.2) is 4.98 Å². The highest BCUT2D eigenvalue weighted by atomic mass is 32.1. The fraction of sp³-hybridized carbons (Fsp3) is 0.533. The molecule has 0 amide bonds. The Morgan fingerprint density at radius 2 is 2.33 bits per heavy atom. The molecule has 3 rings (SSSR count). The van der Waals surface area contributed by atoms with Crippen LogP contribution in [0.25, 0.3) is 10.2 Å². The van der Waals surface area contributed by atoms with Gasteiger partial charge in [0.05, 0.1) is 10.2 Å². The molecule has 1 saturated heterocycles. The van der Waals surface area contributed by atoms with Gasteiger partial charge in [-0.05, 0) is 44.4 Å². The van der Waals surface area contributed by atoms with Crippen LogP contribution >= 0.6 is 11.3 Å². The Kier molecular flexibility index (Phi) is 3.12. The molecule has 0 saturated carbocycles. The maximum Gasteiger partial charge on any atom is 0.101 e. The maximum absolute atomic E-state index is 4.96. The van der Waals surface area contributed by atoms with Crippen LogP contribution in [0, 0.1) is 6.92 Å². The molecule has 2 aromatic rings. The van der Waals surface area contributed by atoms with E-state index >= 15 is 0 Å². The first-order valence-corrected chi connectivity index (χ1v) is 7.64. The summed E-state index contributed by atoms with van der Waals surface area (Å²) >= 11 is 1.89. The molecule has 1 N–H and O–H groups in total. The number of thiazole rings is 1. The average Bonchev–Trinajstić information content (AvgIpc) is 2.85. The van der Waals surface area contributed by atoms with E-state index in [4.69, 9.17) is 4.98 Å². The highest BCUT2D eigenvalue weighted by Gasteiger charge is 2.35. The Morgan fingerprint density at radius 3 is 3.00 bits per heavy atom. The molecule has 1 atom stereocenters. The van der Waals surface area contributed by atoms with Gasteiger partial charge in [-0.2, -0.15) is 0 Å². The van der Waals surface area contributed by atoms with Gasteiger partial charge in [-0.3, -0.25) is 0 Å². The van der Waals surface area contributed by atoms with Gasteiger partial charge in [-0.15, -0.1) is 11.3 Å². The summed E-state index contributed by atoms with van der Waals surface area (Å²) in [5.41, 5.74) is 2.77. The zero-order valence-electron chi connectivity index (χ0n) is 11.1. The summed E-state index contributed by atoms with van der Waals surface area (Å²) in [6, 6.07) is 6.49. The molecule has 0 radical (unpaired) electrons. The summed E-state index contributed by atoms with van der Waals surface area (Å²) in [5.74, 6) is 0. The minimum Gasteiger partial charge on any atom is -0.316 e. The topological polar surface area (TPSA) is 24.9 Å². The van der Waals surface area contributed by atoms with E-state index < -0.39 is 0 Å². The molecule has 2 heterocycles. The Balaban J connectivity index is 2.09. The summed E-state index contributed by atoms with van der Waals surface area (Å²) in [7, 11) is 0. The largest absolute Gasteiger partial charge is 0.316 e. The number of piperidine rings is 1. The van der Waals surface area contributed by atoms with Crippen LogP contribution in [0.2, 0.25) is 0 Å². The second kappa shape index (κ2) is 4.63. The minimum absolute atomic E-state index is 0.272. The molecule has 1 unspecified atom stereocenters. The molecule has 96 valence electrons. The van der Waals surface area contributed by atoms with E-state index in [0.29, 0.717) is 0 Å². The number of nitrogens with zero attached hydrogens (tertiary/aromatic N) is 1. The molecule has 1 aromatic heterocycles. The third-order valence-electron chi connectivity index (χ3n) is 4.22. The lowest BCUT2D eigenvalue weighted by molar-refractivity contribution is 0.302. The summed E-state index contributed by atoms with van der Waals surface area (Å²) in [4.78, 5) is 4.96. The van der Waals surface area contributed by atoms with E-state index in [1.165, 1.54) is 40.1 Å². The smallest absolute Gasteiger partial charge is 0.101 e. The molecular weight excluding hydrogens is 240 g/mol. The number of hydrogen-bond donors (Lipinski definition) is 1. The fourth-order valence-electron chi connectivity index (χ4n) is 2.92. The summed E-state index contributed by atoms with van der Waals surface area (Å²) in [6.07, 6.45) is 3.72. The summed E-state index contributed by atoms with van der Waals surface area (Å²) in [6.45, 7) is 6.70. The maximum atomic E-state index is 4.96. The van der Waals surface area contributed by atoms with Crippen LogP contribution in [0.5, 0.6) is 0 Å². The van der Waals surface area contributed by atoms with Gasteiger partial charge >= 0.3 is 0 Å². The van der Waals surface area contributed by atoms with Crippen molar-refractivity contribution >= 4 is 21.6 Å². The van der Waals surface area contributed by atoms with E-state index in [2.05, 4.69) is 37.4 Å². The Hall–Kier alpha value is -0.930. The SMILES string of the molecule is CCC1(c2nc3c(C)cccc3s2)CCCNC1. The van der Waals surface area contributed by atoms with Crippen molar-refractivity contribution < 1.29 is 0 Å². The van der Waals surface area contributed by atoms with Crippen molar-refractivity contribution in [2.24, 2.45) is 0 Å². The van der Waals surface area contributed by atoms with E-state index in [-0.39, 0.29) is 5.41 Å². The molecule has 1 aromatic carbocycles. The van der Waals surface area contributed by atoms with Gasteiger partial charge in [0.2, 0.25) is 0 Å². The van der Waals surface area contributed by atoms with Crippen LogP contribution < -0.4 is 5.32 Å². The number of rotatable bonds is 2. The molecule has 1 aliphatic heterocycles. The van der Waals surface area contributed by atoms with Crippen molar-refractivity contribution in [1.29, 1.82) is 0 Å². The zero-order chi connectivity index (χ0) is 12.6. The van der Waals surface area contributed by atoms with Gasteiger partial charge in [0.25, 0.3) is 0 Å². The van der Waals surface area contributed by atoms with Crippen LogP contribution in [0.3, 0.4) is 0 Å². The lowest BCUT2D eigenvalue weighted by Gasteiger charge is -2.35. The number of para-hydroxylation sites is 1. The van der Waals surface area contributed by atoms with Gasteiger partial charge in [0.1, 0.15) is 5.01 Å². The number of aryl methyl sites for hydroxylation is 1. The first-order chi connectivity index (χ1) is 8.75. The molecule has 0 spiro atoms. The van der Waals surface area contributed by atoms with Crippen molar-refractivity contribution in [2.45, 2.75) is 38.5 Å². The Morgan fingerprint density at radius 1 is 1.44 bits per heavy atom. The van der Waals surface area contributed by atoms with Gasteiger partial charge in [0, 0.05) is 12.0 Å². The predicted molar refractivity (Wildman–Crippen MR) is 78.4 cm³/mol. The highest BCUT2D eigenvalue weighted by Crippen LogP contribution is 2.39. The van der Waals surface area contributed by atoms with E-state index in [9.17, 15) is 0 Å². The normalized spacial score (nSPS) is 24.6. The molecular formula is C15H20N2S. The van der Waals surface area contributed by atoms with Crippen LogP contribution in [0.1, 0.15) is 36.8 Å². The second-order valence-electron chi connectivity index (χ2n) is 5.35. The number of nitrogens with one attached hydrogen (secondary N) is 1. The van der Waals surface area contributed by atoms with Gasteiger partial charge < -0.3 is 5.32 Å². The molecule has 1 aliphatic rings. The van der Waals surface area contributed by atoms with Gasteiger partial charge in [0.15, 0.2) is 0 Å². The third-order valence-corrected chi connectivity index (χ3v) is 5.49. The van der Waals surface area contributed by atoms with E-state index in [1.807, 2.05) is 11.3 Å². The average molecular weight is 260 g/mol. The van der Waals surface area contributed by atoms with Gasteiger partial charge in [-0.1, -0.05) is 19.1 Å². The zero-order valence-corrected chi connectivity index (χ0v) is 11.9. The Labute approximate surface area is 112 Å². The first kappa shape index (κ1) is 12.1. The monoisotopic (exact) mass is 260 g/mol. The van der Waals surface area contributed by atoms with Crippen molar-refractivity contribution in [3.8, 4) is 0 Å². The van der Waals surface area contributed by atoms with Crippen LogP contribution in [0.15, 0.2) is 18.2 Å². The molecule has 2 nitrogen and oxygen atoms in total. The van der Waals surface area contributed by atoms with Crippen LogP contribution in [0.4, 0.5) is 0 Å². The molecule has 1 fully saturated rings. The fourth-order valence-corrected chi connectivity index (χ4v) is 4.25. The molecule has 18 heavy (non-hydrogen) atoms. The Bertz CT molecular complexity index is 553. The van der Waals surface area contributed by atoms with Crippen molar-refractivity contribution in [2.75, 3.05) is 13.1 Å². The van der Waals surface area contributed by atoms with Crippen molar-refractivity contribution in [1.82, 2.24) is 10.3 Å². The van der Waals surface area contributed by atoms with Crippen molar-refractivity contribution in [3.63, 3.8) is 0 Å². The second-order valence-corrected chi connectivity index (χ2v) is 6.39. The number of hydrogen-bond acceptors (Lipinski definition) is 3. The lowest BCUT2D eigenvalue weighted by Crippen LogP contribution is -2.42.